The van der Waals surface area contributed by atoms with Crippen molar-refractivity contribution in [3.05, 3.63) is 69.9 Å². The third-order valence-corrected chi connectivity index (χ3v) is 5.67. The molecule has 1 aromatic carbocycles. The lowest BCUT2D eigenvalue weighted by atomic mass is 10.1. The first-order valence-corrected chi connectivity index (χ1v) is 9.95. The van der Waals surface area contributed by atoms with Crippen molar-refractivity contribution in [2.24, 2.45) is 0 Å². The van der Waals surface area contributed by atoms with Crippen LogP contribution in [0.2, 0.25) is 0 Å². The maximum atomic E-state index is 6.07. The molecule has 4 nitrogen and oxygen atoms in total. The van der Waals surface area contributed by atoms with E-state index in [1.165, 1.54) is 24.1 Å². The molecule has 0 unspecified atom stereocenters. The van der Waals surface area contributed by atoms with Crippen LogP contribution in [0.1, 0.15) is 41.6 Å². The van der Waals surface area contributed by atoms with E-state index in [9.17, 15) is 0 Å². The fourth-order valence-corrected chi connectivity index (χ4v) is 3.78. The molecular formula is C21H20BrN3O. The van der Waals surface area contributed by atoms with Gasteiger partial charge in [0, 0.05) is 52.9 Å². The topological polar surface area (TPSA) is 42.2 Å². The summed E-state index contributed by atoms with van der Waals surface area (Å²) < 4.78 is 7.15. The molecule has 0 radical (unpaired) electrons. The van der Waals surface area contributed by atoms with Crippen LogP contribution < -0.4 is 0 Å². The zero-order valence-corrected chi connectivity index (χ0v) is 16.1. The van der Waals surface area contributed by atoms with Crippen LogP contribution in [0.3, 0.4) is 0 Å². The molecule has 1 saturated carbocycles. The summed E-state index contributed by atoms with van der Waals surface area (Å²) in [6, 6.07) is 12.3. The van der Waals surface area contributed by atoms with Gasteiger partial charge >= 0.3 is 0 Å². The summed E-state index contributed by atoms with van der Waals surface area (Å²) in [5.41, 5.74) is 3.61. The largest absolute Gasteiger partial charge is 0.460 e. The van der Waals surface area contributed by atoms with Gasteiger partial charge in [-0.2, -0.15) is 0 Å². The van der Waals surface area contributed by atoms with Crippen molar-refractivity contribution in [3.63, 3.8) is 0 Å². The monoisotopic (exact) mass is 409 g/mol. The number of rotatable bonds is 4. The van der Waals surface area contributed by atoms with E-state index in [0.29, 0.717) is 5.92 Å². The van der Waals surface area contributed by atoms with Gasteiger partial charge in [-0.05, 0) is 37.1 Å². The standard InChI is InChI=1S/C21H20BrN3O/c22-17-5-3-14(4-6-17)20-8-7-18(26-20)13-25-10-9-19-16(12-25)11-23-21(24-19)15-1-2-15/h3-8,11,15H,1-2,9-10,12-13H2. The molecule has 0 atom stereocenters. The van der Waals surface area contributed by atoms with Crippen molar-refractivity contribution in [2.45, 2.75) is 38.3 Å². The van der Waals surface area contributed by atoms with E-state index in [4.69, 9.17) is 9.40 Å². The Morgan fingerprint density at radius 2 is 1.96 bits per heavy atom. The molecule has 0 saturated heterocycles. The second-order valence-corrected chi connectivity index (χ2v) is 8.12. The molecule has 3 heterocycles. The molecule has 5 rings (SSSR count). The Morgan fingerprint density at radius 1 is 1.12 bits per heavy atom. The second-order valence-electron chi connectivity index (χ2n) is 7.21. The maximum Gasteiger partial charge on any atom is 0.134 e. The van der Waals surface area contributed by atoms with Gasteiger partial charge in [0.25, 0.3) is 0 Å². The lowest BCUT2D eigenvalue weighted by molar-refractivity contribution is 0.224. The first-order chi connectivity index (χ1) is 12.7. The normalized spacial score (nSPS) is 17.3. The minimum atomic E-state index is 0.624. The minimum absolute atomic E-state index is 0.624. The number of halogens is 1. The Bertz CT molecular complexity index is 931. The van der Waals surface area contributed by atoms with Gasteiger partial charge in [0.05, 0.1) is 6.54 Å². The zero-order chi connectivity index (χ0) is 17.5. The van der Waals surface area contributed by atoms with Crippen LogP contribution in [0, 0.1) is 0 Å². The van der Waals surface area contributed by atoms with E-state index in [2.05, 4.69) is 50.1 Å². The van der Waals surface area contributed by atoms with E-state index in [1.807, 2.05) is 18.3 Å². The molecule has 1 aliphatic carbocycles. The van der Waals surface area contributed by atoms with Crippen molar-refractivity contribution >= 4 is 15.9 Å². The van der Waals surface area contributed by atoms with E-state index in [0.717, 1.165) is 53.4 Å². The maximum absolute atomic E-state index is 6.07. The van der Waals surface area contributed by atoms with Crippen LogP contribution in [0.5, 0.6) is 0 Å². The predicted molar refractivity (Wildman–Crippen MR) is 104 cm³/mol. The summed E-state index contributed by atoms with van der Waals surface area (Å²) in [4.78, 5) is 11.8. The minimum Gasteiger partial charge on any atom is -0.460 e. The molecule has 2 aromatic heterocycles. The summed E-state index contributed by atoms with van der Waals surface area (Å²) in [6.07, 6.45) is 5.55. The summed E-state index contributed by atoms with van der Waals surface area (Å²) in [5, 5.41) is 0. The molecule has 2 aliphatic rings. The van der Waals surface area contributed by atoms with E-state index < -0.39 is 0 Å². The van der Waals surface area contributed by atoms with Crippen LogP contribution in [0.15, 0.2) is 51.5 Å². The number of benzene rings is 1. The molecule has 1 fully saturated rings. The Balaban J connectivity index is 1.28. The van der Waals surface area contributed by atoms with Gasteiger partial charge in [0.2, 0.25) is 0 Å². The second kappa shape index (κ2) is 6.63. The van der Waals surface area contributed by atoms with Gasteiger partial charge in [0.1, 0.15) is 17.3 Å². The first-order valence-electron chi connectivity index (χ1n) is 9.16. The van der Waals surface area contributed by atoms with Crippen molar-refractivity contribution in [1.29, 1.82) is 0 Å². The summed E-state index contributed by atoms with van der Waals surface area (Å²) >= 11 is 3.47. The van der Waals surface area contributed by atoms with Crippen LogP contribution in [-0.4, -0.2) is 21.4 Å². The quantitative estimate of drug-likeness (QED) is 0.612. The predicted octanol–water partition coefficient (Wildman–Crippen LogP) is 4.93. The Hall–Kier alpha value is -1.98. The van der Waals surface area contributed by atoms with E-state index >= 15 is 0 Å². The third-order valence-electron chi connectivity index (χ3n) is 5.14. The van der Waals surface area contributed by atoms with Crippen molar-refractivity contribution < 1.29 is 4.42 Å². The molecule has 5 heteroatoms. The summed E-state index contributed by atoms with van der Waals surface area (Å²) in [6.45, 7) is 2.73. The Morgan fingerprint density at radius 3 is 2.77 bits per heavy atom. The smallest absolute Gasteiger partial charge is 0.134 e. The highest BCUT2D eigenvalue weighted by Gasteiger charge is 2.28. The van der Waals surface area contributed by atoms with Gasteiger partial charge in [-0.15, -0.1) is 0 Å². The molecule has 26 heavy (non-hydrogen) atoms. The number of hydrogen-bond donors (Lipinski definition) is 0. The van der Waals surface area contributed by atoms with E-state index in [1.54, 1.807) is 0 Å². The van der Waals surface area contributed by atoms with Gasteiger partial charge in [-0.25, -0.2) is 9.97 Å². The molecule has 0 amide bonds. The average molecular weight is 410 g/mol. The highest BCUT2D eigenvalue weighted by molar-refractivity contribution is 9.10. The van der Waals surface area contributed by atoms with Gasteiger partial charge < -0.3 is 4.42 Å². The molecule has 0 bridgehead atoms. The van der Waals surface area contributed by atoms with Gasteiger partial charge in [-0.3, -0.25) is 4.90 Å². The number of furan rings is 1. The van der Waals surface area contributed by atoms with Crippen LogP contribution in [0.25, 0.3) is 11.3 Å². The van der Waals surface area contributed by atoms with E-state index in [-0.39, 0.29) is 0 Å². The molecule has 132 valence electrons. The number of aromatic nitrogens is 2. The fraction of sp³-hybridized carbons (Fsp3) is 0.333. The van der Waals surface area contributed by atoms with Crippen LogP contribution >= 0.6 is 15.9 Å². The fourth-order valence-electron chi connectivity index (χ4n) is 3.52. The molecule has 1 aliphatic heterocycles. The summed E-state index contributed by atoms with van der Waals surface area (Å²) in [7, 11) is 0. The molecular weight excluding hydrogens is 390 g/mol. The van der Waals surface area contributed by atoms with Crippen molar-refractivity contribution in [2.75, 3.05) is 6.54 Å². The van der Waals surface area contributed by atoms with Gasteiger partial charge in [-0.1, -0.05) is 28.1 Å². The zero-order valence-electron chi connectivity index (χ0n) is 14.5. The summed E-state index contributed by atoms with van der Waals surface area (Å²) in [5.74, 6) is 3.60. The SMILES string of the molecule is Brc1ccc(-c2ccc(CN3CCc4nc(C5CC5)ncc4C3)o2)cc1. The van der Waals surface area contributed by atoms with Crippen molar-refractivity contribution in [3.8, 4) is 11.3 Å². The van der Waals surface area contributed by atoms with Crippen LogP contribution in [0.4, 0.5) is 0 Å². The lowest BCUT2D eigenvalue weighted by Crippen LogP contribution is -2.31. The van der Waals surface area contributed by atoms with Crippen molar-refractivity contribution in [1.82, 2.24) is 14.9 Å². The van der Waals surface area contributed by atoms with Crippen LogP contribution in [-0.2, 0) is 19.5 Å². The Labute approximate surface area is 161 Å². The third kappa shape index (κ3) is 3.33. The molecule has 0 N–H and O–H groups in total. The number of fused-ring (bicyclic) bond motifs is 1. The first kappa shape index (κ1) is 16.2. The Kier molecular flexibility index (Phi) is 4.14. The lowest BCUT2D eigenvalue weighted by Gasteiger charge is -2.27. The van der Waals surface area contributed by atoms with Gasteiger partial charge in [0.15, 0.2) is 0 Å². The highest BCUT2D eigenvalue weighted by atomic mass is 79.9. The highest BCUT2D eigenvalue weighted by Crippen LogP contribution is 2.38. The molecule has 0 spiro atoms. The average Bonchev–Trinajstić information content (AvgIpc) is 3.41. The number of nitrogens with zero attached hydrogens (tertiary/aromatic N) is 3. The number of hydrogen-bond acceptors (Lipinski definition) is 4. The molecule has 3 aromatic rings.